The van der Waals surface area contributed by atoms with Crippen molar-refractivity contribution in [3.05, 3.63) is 167 Å². The molecule has 0 saturated heterocycles. The minimum absolute atomic E-state index is 1.22. The molecule has 0 bridgehead atoms. The summed E-state index contributed by atoms with van der Waals surface area (Å²) < 4.78 is 5.38. The Morgan fingerprint density at radius 3 is 1.14 bits per heavy atom. The van der Waals surface area contributed by atoms with E-state index in [0.29, 0.717) is 0 Å². The molecule has 0 unspecified atom stereocenters. The molecule has 10 aromatic rings. The SMILES string of the molecule is Cc1ccc2c(c1)sc1cc(/C=C/c3cc4c5ccccc5c(/C=C/c5ccc6c(c5)sc5cc(C)ccc56)cc4c4ccccc34)ccc12. The van der Waals surface area contributed by atoms with Crippen molar-refractivity contribution in [1.82, 2.24) is 0 Å². The van der Waals surface area contributed by atoms with Crippen LogP contribution in [0.3, 0.4) is 0 Å². The Morgan fingerprint density at radius 1 is 0.320 bits per heavy atom. The summed E-state index contributed by atoms with van der Waals surface area (Å²) in [5, 5.41) is 13.0. The summed E-state index contributed by atoms with van der Waals surface area (Å²) in [6.07, 6.45) is 9.15. The molecular weight excluding hydrogens is 641 g/mol. The van der Waals surface area contributed by atoms with Crippen molar-refractivity contribution in [1.29, 1.82) is 0 Å². The van der Waals surface area contributed by atoms with E-state index >= 15 is 0 Å². The summed E-state index contributed by atoms with van der Waals surface area (Å²) in [6.45, 7) is 4.34. The van der Waals surface area contributed by atoms with Crippen LogP contribution in [0, 0.1) is 13.8 Å². The van der Waals surface area contributed by atoms with Crippen LogP contribution in [0.2, 0.25) is 0 Å². The Kier molecular flexibility index (Phi) is 6.77. The van der Waals surface area contributed by atoms with Crippen molar-refractivity contribution in [3.63, 3.8) is 0 Å². The molecule has 2 heteroatoms. The highest BCUT2D eigenvalue weighted by atomic mass is 32.1. The number of hydrogen-bond acceptors (Lipinski definition) is 2. The van der Waals surface area contributed by atoms with Gasteiger partial charge in [-0.1, -0.05) is 121 Å². The molecule has 0 amide bonds. The zero-order chi connectivity index (χ0) is 33.3. The van der Waals surface area contributed by atoms with Crippen molar-refractivity contribution in [2.75, 3.05) is 0 Å². The Bertz CT molecular complexity index is 2850. The lowest BCUT2D eigenvalue weighted by molar-refractivity contribution is 1.52. The van der Waals surface area contributed by atoms with Gasteiger partial charge in [0.15, 0.2) is 0 Å². The average molecular weight is 673 g/mol. The molecule has 0 saturated carbocycles. The molecule has 10 rings (SSSR count). The van der Waals surface area contributed by atoms with Crippen LogP contribution in [0.5, 0.6) is 0 Å². The zero-order valence-corrected chi connectivity index (χ0v) is 29.5. The van der Waals surface area contributed by atoms with E-state index < -0.39 is 0 Å². The van der Waals surface area contributed by atoms with E-state index in [1.165, 1.54) is 106 Å². The Morgan fingerprint density at radius 2 is 0.700 bits per heavy atom. The Labute approximate surface area is 298 Å². The summed E-state index contributed by atoms with van der Waals surface area (Å²) in [5.41, 5.74) is 7.53. The molecule has 2 heterocycles. The Hall–Kier alpha value is -5.54. The summed E-state index contributed by atoms with van der Waals surface area (Å²) >= 11 is 3.77. The van der Waals surface area contributed by atoms with E-state index in [0.717, 1.165) is 0 Å². The van der Waals surface area contributed by atoms with E-state index in [9.17, 15) is 0 Å². The predicted octanol–water partition coefficient (Wildman–Crippen LogP) is 14.8. The maximum Gasteiger partial charge on any atom is 0.0361 e. The predicted molar refractivity (Wildman–Crippen MR) is 225 cm³/mol. The first-order chi connectivity index (χ1) is 24.6. The normalized spacial score (nSPS) is 12.4. The summed E-state index contributed by atoms with van der Waals surface area (Å²) in [7, 11) is 0. The standard InChI is InChI=1S/C48H32S2/c1-29-11-19-39-41-21-15-31(25-47(41)49-45(39)23-29)13-17-33-27-43-38-10-6-4-8-36(38)34(28-44(43)37-9-5-3-7-35(33)37)18-14-32-16-22-42-40-20-12-30(2)24-46(40)50-48(42)26-32/h3-28H,1-2H3/b17-13+,18-14+. The van der Waals surface area contributed by atoms with Gasteiger partial charge in [-0.2, -0.15) is 0 Å². The van der Waals surface area contributed by atoms with Crippen molar-refractivity contribution < 1.29 is 0 Å². The second kappa shape index (κ2) is 11.5. The lowest BCUT2D eigenvalue weighted by Crippen LogP contribution is -1.87. The van der Waals surface area contributed by atoms with E-state index in [1.54, 1.807) is 0 Å². The fraction of sp³-hybridized carbons (Fsp3) is 0.0417. The maximum absolute atomic E-state index is 2.39. The molecular formula is C48H32S2. The van der Waals surface area contributed by atoms with Gasteiger partial charge in [-0.15, -0.1) is 22.7 Å². The van der Waals surface area contributed by atoms with Crippen molar-refractivity contribution >= 4 is 120 Å². The van der Waals surface area contributed by atoms with Crippen molar-refractivity contribution in [3.8, 4) is 0 Å². The van der Waals surface area contributed by atoms with Crippen LogP contribution in [0.15, 0.2) is 133 Å². The van der Waals surface area contributed by atoms with E-state index in [2.05, 4.69) is 172 Å². The van der Waals surface area contributed by atoms with Gasteiger partial charge in [0.1, 0.15) is 0 Å². The summed E-state index contributed by atoms with van der Waals surface area (Å²) in [5.74, 6) is 0. The fourth-order valence-corrected chi connectivity index (χ4v) is 10.2. The smallest absolute Gasteiger partial charge is 0.0361 e. The quantitative estimate of drug-likeness (QED) is 0.129. The van der Waals surface area contributed by atoms with E-state index in [4.69, 9.17) is 0 Å². The summed E-state index contributed by atoms with van der Waals surface area (Å²) in [6, 6.07) is 49.8. The molecule has 50 heavy (non-hydrogen) atoms. The Balaban J connectivity index is 1.08. The van der Waals surface area contributed by atoms with Gasteiger partial charge in [0.2, 0.25) is 0 Å². The number of aryl methyl sites for hydroxylation is 2. The maximum atomic E-state index is 2.39. The van der Waals surface area contributed by atoms with Crippen LogP contribution in [-0.4, -0.2) is 0 Å². The van der Waals surface area contributed by atoms with Crippen LogP contribution >= 0.6 is 22.7 Å². The molecule has 8 aromatic carbocycles. The zero-order valence-electron chi connectivity index (χ0n) is 27.8. The first-order valence-electron chi connectivity index (χ1n) is 17.1. The van der Waals surface area contributed by atoms with Crippen LogP contribution < -0.4 is 0 Å². The van der Waals surface area contributed by atoms with Gasteiger partial charge < -0.3 is 0 Å². The van der Waals surface area contributed by atoms with Gasteiger partial charge in [-0.25, -0.2) is 0 Å². The third kappa shape index (κ3) is 4.87. The second-order valence-corrected chi connectivity index (χ2v) is 15.7. The molecule has 0 radical (unpaired) electrons. The first-order valence-corrected chi connectivity index (χ1v) is 18.8. The molecule has 0 aliphatic heterocycles. The molecule has 0 aliphatic rings. The van der Waals surface area contributed by atoms with Crippen LogP contribution in [0.25, 0.3) is 97.0 Å². The fourth-order valence-electron chi connectivity index (χ4n) is 7.66. The molecule has 0 atom stereocenters. The number of rotatable bonds is 4. The van der Waals surface area contributed by atoms with Crippen LogP contribution in [-0.2, 0) is 0 Å². The summed E-state index contributed by atoms with van der Waals surface area (Å²) in [4.78, 5) is 0. The van der Waals surface area contributed by atoms with Crippen molar-refractivity contribution in [2.45, 2.75) is 13.8 Å². The largest absolute Gasteiger partial charge is 0.135 e. The molecule has 0 nitrogen and oxygen atoms in total. The highest BCUT2D eigenvalue weighted by molar-refractivity contribution is 7.26. The van der Waals surface area contributed by atoms with Gasteiger partial charge in [-0.3, -0.25) is 0 Å². The highest BCUT2D eigenvalue weighted by Gasteiger charge is 2.12. The highest BCUT2D eigenvalue weighted by Crippen LogP contribution is 2.39. The van der Waals surface area contributed by atoms with Gasteiger partial charge in [0.25, 0.3) is 0 Å². The minimum atomic E-state index is 1.22. The molecule has 0 spiro atoms. The second-order valence-electron chi connectivity index (χ2n) is 13.5. The lowest BCUT2D eigenvalue weighted by Gasteiger charge is -2.13. The molecule has 0 N–H and O–H groups in total. The van der Waals surface area contributed by atoms with E-state index in [1.807, 2.05) is 22.7 Å². The van der Waals surface area contributed by atoms with Gasteiger partial charge in [0.05, 0.1) is 0 Å². The number of benzene rings is 8. The third-order valence-corrected chi connectivity index (χ3v) is 12.4. The van der Waals surface area contributed by atoms with Crippen LogP contribution in [0.4, 0.5) is 0 Å². The number of hydrogen-bond donors (Lipinski definition) is 0. The number of fused-ring (bicyclic) bond motifs is 11. The first kappa shape index (κ1) is 29.4. The number of thiophene rings is 2. The molecule has 236 valence electrons. The van der Waals surface area contributed by atoms with Crippen LogP contribution in [0.1, 0.15) is 33.4 Å². The van der Waals surface area contributed by atoms with Gasteiger partial charge in [-0.05, 0) is 116 Å². The van der Waals surface area contributed by atoms with E-state index in [-0.39, 0.29) is 0 Å². The van der Waals surface area contributed by atoms with Crippen molar-refractivity contribution in [2.24, 2.45) is 0 Å². The molecule has 0 aliphatic carbocycles. The topological polar surface area (TPSA) is 0 Å². The minimum Gasteiger partial charge on any atom is -0.135 e. The monoisotopic (exact) mass is 672 g/mol. The van der Waals surface area contributed by atoms with Gasteiger partial charge in [0, 0.05) is 40.3 Å². The molecule has 2 aromatic heterocycles. The molecule has 0 fully saturated rings. The third-order valence-electron chi connectivity index (χ3n) is 10.2. The average Bonchev–Trinajstić information content (AvgIpc) is 3.68. The van der Waals surface area contributed by atoms with Gasteiger partial charge >= 0.3 is 0 Å². The lowest BCUT2D eigenvalue weighted by atomic mass is 9.91.